The molecule has 0 radical (unpaired) electrons. The van der Waals surface area contributed by atoms with E-state index in [-0.39, 0.29) is 0 Å². The van der Waals surface area contributed by atoms with Gasteiger partial charge in [-0.15, -0.1) is 0 Å². The average Bonchev–Trinajstić information content (AvgIpc) is 2.21. The number of nitrogens with zero attached hydrogens (tertiary/aromatic N) is 1. The zero-order chi connectivity index (χ0) is 10.4. The van der Waals surface area contributed by atoms with Gasteiger partial charge in [0.2, 0.25) is 0 Å². The first kappa shape index (κ1) is 10.3. The van der Waals surface area contributed by atoms with Gasteiger partial charge in [0, 0.05) is 17.6 Å². The lowest BCUT2D eigenvalue weighted by Gasteiger charge is -2.20. The largest absolute Gasteiger partial charge is 0.318 e. The lowest BCUT2D eigenvalue weighted by atomic mass is 10.2. The third-order valence-corrected chi connectivity index (χ3v) is 1.89. The first-order valence-corrected chi connectivity index (χ1v) is 4.58. The van der Waals surface area contributed by atoms with E-state index >= 15 is 0 Å². The third kappa shape index (κ3) is 2.36. The van der Waals surface area contributed by atoms with Crippen LogP contribution in [0.4, 0.5) is 5.69 Å². The number of rotatable bonds is 4. The zero-order valence-corrected chi connectivity index (χ0v) is 8.48. The Kier molecular flexibility index (Phi) is 3.74. The van der Waals surface area contributed by atoms with Crippen molar-refractivity contribution in [1.82, 2.24) is 0 Å². The summed E-state index contributed by atoms with van der Waals surface area (Å²) in [5, 5.41) is 0. The molecule has 0 atom stereocenters. The fourth-order valence-electron chi connectivity index (χ4n) is 1.25. The molecule has 0 amide bonds. The van der Waals surface area contributed by atoms with Gasteiger partial charge in [0.15, 0.2) is 0 Å². The van der Waals surface area contributed by atoms with Crippen LogP contribution in [0.2, 0.25) is 0 Å². The Morgan fingerprint density at radius 1 is 1.29 bits per heavy atom. The van der Waals surface area contributed by atoms with E-state index in [0.29, 0.717) is 0 Å². The molecule has 14 heavy (non-hydrogen) atoms. The van der Waals surface area contributed by atoms with Gasteiger partial charge in [0.1, 0.15) is 0 Å². The summed E-state index contributed by atoms with van der Waals surface area (Å²) in [5.74, 6) is 0. The molecule has 0 aromatic heterocycles. The average molecular weight is 185 g/mol. The molecular formula is C13H15N. The van der Waals surface area contributed by atoms with Gasteiger partial charge in [-0.05, 0) is 25.1 Å². The molecule has 0 unspecified atom stereocenters. The molecule has 0 heterocycles. The standard InChI is InChI=1S/C13H15N/c1-4-9-12(3)14(5-2)13-10-7-6-8-11-13/h4-11H,2-3H2,1H3/b9-4-. The van der Waals surface area contributed by atoms with E-state index in [1.165, 1.54) is 0 Å². The van der Waals surface area contributed by atoms with E-state index < -0.39 is 0 Å². The highest BCUT2D eigenvalue weighted by molar-refractivity contribution is 5.56. The first-order valence-electron chi connectivity index (χ1n) is 4.58. The minimum atomic E-state index is 0.911. The molecule has 72 valence electrons. The van der Waals surface area contributed by atoms with Gasteiger partial charge in [-0.2, -0.15) is 0 Å². The molecule has 0 aliphatic heterocycles. The summed E-state index contributed by atoms with van der Waals surface area (Å²) in [6.45, 7) is 9.70. The molecule has 0 bridgehead atoms. The minimum Gasteiger partial charge on any atom is -0.318 e. The predicted molar refractivity (Wildman–Crippen MR) is 63.1 cm³/mol. The van der Waals surface area contributed by atoms with E-state index in [4.69, 9.17) is 0 Å². The summed E-state index contributed by atoms with van der Waals surface area (Å²) < 4.78 is 0. The molecule has 1 aromatic carbocycles. The number of para-hydroxylation sites is 1. The van der Waals surface area contributed by atoms with Gasteiger partial charge in [0.25, 0.3) is 0 Å². The van der Waals surface area contributed by atoms with E-state index in [9.17, 15) is 0 Å². The van der Waals surface area contributed by atoms with Crippen LogP contribution in [0.15, 0.2) is 67.5 Å². The lowest BCUT2D eigenvalue weighted by molar-refractivity contribution is 1.22. The predicted octanol–water partition coefficient (Wildman–Crippen LogP) is 3.73. The quantitative estimate of drug-likeness (QED) is 0.646. The molecule has 0 aliphatic rings. The first-order chi connectivity index (χ1) is 6.79. The Morgan fingerprint density at radius 3 is 2.43 bits per heavy atom. The summed E-state index contributed by atoms with van der Waals surface area (Å²) in [5.41, 5.74) is 1.99. The smallest absolute Gasteiger partial charge is 0.0454 e. The van der Waals surface area contributed by atoms with Crippen LogP contribution < -0.4 is 4.90 Å². The molecule has 0 fully saturated rings. The van der Waals surface area contributed by atoms with E-state index in [1.54, 1.807) is 6.20 Å². The van der Waals surface area contributed by atoms with E-state index in [0.717, 1.165) is 11.4 Å². The van der Waals surface area contributed by atoms with Crippen LogP contribution >= 0.6 is 0 Å². The molecule has 0 spiro atoms. The van der Waals surface area contributed by atoms with Gasteiger partial charge in [-0.3, -0.25) is 0 Å². The summed E-state index contributed by atoms with van der Waals surface area (Å²) in [4.78, 5) is 1.94. The third-order valence-electron chi connectivity index (χ3n) is 1.89. The summed E-state index contributed by atoms with van der Waals surface area (Å²) in [6.07, 6.45) is 5.67. The fourth-order valence-corrected chi connectivity index (χ4v) is 1.25. The van der Waals surface area contributed by atoms with Gasteiger partial charge in [0.05, 0.1) is 0 Å². The van der Waals surface area contributed by atoms with E-state index in [2.05, 4.69) is 13.2 Å². The number of allylic oxidation sites excluding steroid dienone is 2. The van der Waals surface area contributed by atoms with Crippen LogP contribution in [0.1, 0.15) is 6.92 Å². The second-order valence-corrected chi connectivity index (χ2v) is 2.88. The van der Waals surface area contributed by atoms with Gasteiger partial charge in [-0.25, -0.2) is 0 Å². The lowest BCUT2D eigenvalue weighted by Crippen LogP contribution is -2.11. The Labute approximate surface area is 85.7 Å². The van der Waals surface area contributed by atoms with Crippen molar-refractivity contribution in [2.75, 3.05) is 4.90 Å². The molecule has 0 saturated carbocycles. The Morgan fingerprint density at radius 2 is 1.93 bits per heavy atom. The monoisotopic (exact) mass is 185 g/mol. The molecule has 1 aromatic rings. The van der Waals surface area contributed by atoms with Gasteiger partial charge in [-0.1, -0.05) is 37.4 Å². The number of benzene rings is 1. The van der Waals surface area contributed by atoms with Crippen molar-refractivity contribution in [2.24, 2.45) is 0 Å². The van der Waals surface area contributed by atoms with Crippen LogP contribution in [0.5, 0.6) is 0 Å². The molecule has 1 nitrogen and oxygen atoms in total. The topological polar surface area (TPSA) is 3.24 Å². The summed E-state index contributed by atoms with van der Waals surface area (Å²) in [6, 6.07) is 10.0. The number of hydrogen-bond donors (Lipinski definition) is 0. The van der Waals surface area contributed by atoms with Crippen LogP contribution in [0.3, 0.4) is 0 Å². The van der Waals surface area contributed by atoms with Crippen LogP contribution in [0, 0.1) is 0 Å². The highest BCUT2D eigenvalue weighted by atomic mass is 15.1. The van der Waals surface area contributed by atoms with Crippen molar-refractivity contribution < 1.29 is 0 Å². The highest BCUT2D eigenvalue weighted by Gasteiger charge is 2.01. The van der Waals surface area contributed by atoms with E-state index in [1.807, 2.05) is 54.3 Å². The summed E-state index contributed by atoms with van der Waals surface area (Å²) in [7, 11) is 0. The van der Waals surface area contributed by atoms with Crippen molar-refractivity contribution in [3.63, 3.8) is 0 Å². The van der Waals surface area contributed by atoms with Gasteiger partial charge < -0.3 is 4.90 Å². The van der Waals surface area contributed by atoms with Crippen molar-refractivity contribution in [3.05, 3.63) is 67.5 Å². The SMILES string of the molecule is C=CN(C(=C)/C=C\C)c1ccccc1. The second-order valence-electron chi connectivity index (χ2n) is 2.88. The van der Waals surface area contributed by atoms with Crippen LogP contribution in [-0.4, -0.2) is 0 Å². The normalized spacial score (nSPS) is 10.1. The molecule has 1 rings (SSSR count). The zero-order valence-electron chi connectivity index (χ0n) is 8.48. The van der Waals surface area contributed by atoms with Crippen LogP contribution in [0.25, 0.3) is 0 Å². The Hall–Kier alpha value is -1.76. The van der Waals surface area contributed by atoms with Crippen molar-refractivity contribution in [3.8, 4) is 0 Å². The maximum atomic E-state index is 3.96. The molecular weight excluding hydrogens is 170 g/mol. The Bertz CT molecular complexity index is 336. The fraction of sp³-hybridized carbons (Fsp3) is 0.0769. The van der Waals surface area contributed by atoms with Crippen LogP contribution in [-0.2, 0) is 0 Å². The molecule has 0 saturated heterocycles. The van der Waals surface area contributed by atoms with Crippen molar-refractivity contribution >= 4 is 5.69 Å². The Balaban J connectivity index is 2.93. The number of hydrogen-bond acceptors (Lipinski definition) is 1. The maximum Gasteiger partial charge on any atom is 0.0454 e. The second kappa shape index (κ2) is 5.07. The minimum absolute atomic E-state index is 0.911. The molecule has 0 N–H and O–H groups in total. The highest BCUT2D eigenvalue weighted by Crippen LogP contribution is 2.18. The number of anilines is 1. The molecule has 0 aliphatic carbocycles. The van der Waals surface area contributed by atoms with Crippen molar-refractivity contribution in [2.45, 2.75) is 6.92 Å². The van der Waals surface area contributed by atoms with Crippen molar-refractivity contribution in [1.29, 1.82) is 0 Å². The molecule has 1 heteroatoms. The maximum absolute atomic E-state index is 3.96. The van der Waals surface area contributed by atoms with Gasteiger partial charge >= 0.3 is 0 Å². The summed E-state index contributed by atoms with van der Waals surface area (Å²) >= 11 is 0.